The molecule has 3 N–H and O–H groups in total. The van der Waals surface area contributed by atoms with E-state index in [0.717, 1.165) is 114 Å². The van der Waals surface area contributed by atoms with E-state index in [0.29, 0.717) is 31.6 Å². The highest BCUT2D eigenvalue weighted by atomic mass is 31.2. The molecule has 94 heavy (non-hydrogen) atoms. The molecule has 0 heterocycles. The lowest BCUT2D eigenvalue weighted by Crippen LogP contribution is -2.30. The van der Waals surface area contributed by atoms with Crippen molar-refractivity contribution < 1.29 is 80.2 Å². The number of ether oxygens (including phenoxy) is 4. The molecule has 0 aliphatic carbocycles. The standard InChI is InChI=1S/C75H146O17P2/c1-65(2)51-43-35-27-20-16-12-9-10-14-18-22-31-39-47-55-72(77)85-61-70(91-74(79)57-49-41-32-23-19-15-11-13-17-21-28-36-44-52-66(3)4)63-89-93(81,82)87-59-69(76)60-88-94(83,84)90-64-71(62-86-73(78)56-48-40-34-26-30-38-46-54-68(7)8)92-75(80)58-50-42-33-25-24-29-37-45-53-67(5)6/h65-71,76H,9-64H2,1-8H3,(H,81,82)(H,83,84)/t69?,70-,71-/m1/s1. The van der Waals surface area contributed by atoms with Gasteiger partial charge < -0.3 is 33.8 Å². The summed E-state index contributed by atoms with van der Waals surface area (Å²) >= 11 is 0. The van der Waals surface area contributed by atoms with Crippen molar-refractivity contribution in [2.75, 3.05) is 39.6 Å². The number of carbonyl (C=O) groups is 4. The van der Waals surface area contributed by atoms with E-state index >= 15 is 0 Å². The molecule has 17 nitrogen and oxygen atoms in total. The van der Waals surface area contributed by atoms with Crippen LogP contribution < -0.4 is 0 Å². The van der Waals surface area contributed by atoms with Gasteiger partial charge in [-0.25, -0.2) is 9.13 Å². The van der Waals surface area contributed by atoms with Gasteiger partial charge in [-0.2, -0.15) is 0 Å². The smallest absolute Gasteiger partial charge is 0.462 e. The average molecular weight is 1380 g/mol. The number of carbonyl (C=O) groups excluding carboxylic acids is 4. The first-order valence-corrected chi connectivity index (χ1v) is 41.7. The van der Waals surface area contributed by atoms with Crippen LogP contribution in [0.2, 0.25) is 0 Å². The number of aliphatic hydroxyl groups is 1. The van der Waals surface area contributed by atoms with Crippen LogP contribution in [0.4, 0.5) is 0 Å². The van der Waals surface area contributed by atoms with Crippen LogP contribution in [0.15, 0.2) is 0 Å². The maximum atomic E-state index is 13.1. The van der Waals surface area contributed by atoms with Crippen LogP contribution in [0, 0.1) is 23.7 Å². The molecule has 0 saturated carbocycles. The Bertz CT molecular complexity index is 1850. The van der Waals surface area contributed by atoms with Crippen LogP contribution in [-0.4, -0.2) is 96.7 Å². The fourth-order valence-electron chi connectivity index (χ4n) is 11.4. The molecule has 0 bridgehead atoms. The van der Waals surface area contributed by atoms with Gasteiger partial charge in [-0.1, -0.05) is 325 Å². The predicted octanol–water partition coefficient (Wildman–Crippen LogP) is 21.7. The molecule has 0 fully saturated rings. The van der Waals surface area contributed by atoms with Crippen molar-refractivity contribution in [3.63, 3.8) is 0 Å². The highest BCUT2D eigenvalue weighted by molar-refractivity contribution is 7.47. The maximum Gasteiger partial charge on any atom is 0.472 e. The highest BCUT2D eigenvalue weighted by Crippen LogP contribution is 2.45. The van der Waals surface area contributed by atoms with Gasteiger partial charge in [0.05, 0.1) is 26.4 Å². The average Bonchev–Trinajstić information content (AvgIpc) is 2.80. The van der Waals surface area contributed by atoms with Gasteiger partial charge in [0.2, 0.25) is 0 Å². The molecule has 558 valence electrons. The number of aliphatic hydroxyl groups excluding tert-OH is 1. The molecule has 3 unspecified atom stereocenters. The minimum Gasteiger partial charge on any atom is -0.462 e. The Kier molecular flexibility index (Phi) is 63.1. The summed E-state index contributed by atoms with van der Waals surface area (Å²) in [4.78, 5) is 72.7. The third kappa shape index (κ3) is 68.6. The topological polar surface area (TPSA) is 237 Å². The summed E-state index contributed by atoms with van der Waals surface area (Å²) in [5, 5.41) is 10.6. The number of hydrogen-bond acceptors (Lipinski definition) is 15. The van der Waals surface area contributed by atoms with Crippen LogP contribution >= 0.6 is 15.6 Å². The Morgan fingerprint density at radius 3 is 0.660 bits per heavy atom. The van der Waals surface area contributed by atoms with Crippen LogP contribution in [-0.2, 0) is 65.4 Å². The summed E-state index contributed by atoms with van der Waals surface area (Å²) in [6.07, 6.45) is 48.7. The van der Waals surface area contributed by atoms with E-state index in [1.807, 2.05) is 0 Å². The van der Waals surface area contributed by atoms with E-state index in [2.05, 4.69) is 55.4 Å². The molecule has 0 aliphatic heterocycles. The monoisotopic (exact) mass is 1380 g/mol. The van der Waals surface area contributed by atoms with Crippen LogP contribution in [0.3, 0.4) is 0 Å². The van der Waals surface area contributed by atoms with E-state index in [-0.39, 0.29) is 25.7 Å². The largest absolute Gasteiger partial charge is 0.472 e. The number of phosphoric ester groups is 2. The predicted molar refractivity (Wildman–Crippen MR) is 381 cm³/mol. The second-order valence-electron chi connectivity index (χ2n) is 28.9. The third-order valence-electron chi connectivity index (χ3n) is 17.3. The van der Waals surface area contributed by atoms with E-state index < -0.39 is 97.5 Å². The van der Waals surface area contributed by atoms with Crippen molar-refractivity contribution in [3.8, 4) is 0 Å². The Balaban J connectivity index is 5.24. The van der Waals surface area contributed by atoms with Crippen LogP contribution in [0.5, 0.6) is 0 Å². The van der Waals surface area contributed by atoms with Gasteiger partial charge in [0.25, 0.3) is 0 Å². The minimum atomic E-state index is -4.96. The highest BCUT2D eigenvalue weighted by Gasteiger charge is 2.30. The summed E-state index contributed by atoms with van der Waals surface area (Å²) in [5.74, 6) is 0.885. The Hall–Kier alpha value is -1.94. The van der Waals surface area contributed by atoms with Crippen molar-refractivity contribution in [1.82, 2.24) is 0 Å². The number of unbranched alkanes of at least 4 members (excludes halogenated alkanes) is 38. The van der Waals surface area contributed by atoms with E-state index in [1.165, 1.54) is 173 Å². The molecule has 0 spiro atoms. The van der Waals surface area contributed by atoms with E-state index in [9.17, 15) is 43.2 Å². The Morgan fingerprint density at radius 1 is 0.266 bits per heavy atom. The molecule has 0 amide bonds. The summed E-state index contributed by atoms with van der Waals surface area (Å²) in [6.45, 7) is 14.1. The molecule has 0 aromatic heterocycles. The van der Waals surface area contributed by atoms with Crippen molar-refractivity contribution in [3.05, 3.63) is 0 Å². The molecular weight excluding hydrogens is 1230 g/mol. The second kappa shape index (κ2) is 64.4. The van der Waals surface area contributed by atoms with Gasteiger partial charge in [0.15, 0.2) is 12.2 Å². The van der Waals surface area contributed by atoms with Gasteiger partial charge in [-0.3, -0.25) is 37.3 Å². The van der Waals surface area contributed by atoms with Gasteiger partial charge in [0, 0.05) is 25.7 Å². The zero-order chi connectivity index (χ0) is 69.6. The quantitative estimate of drug-likeness (QED) is 0.0222. The summed E-state index contributed by atoms with van der Waals surface area (Å²) in [6, 6.07) is 0. The SMILES string of the molecule is CC(C)CCCCCCCCCCCCCCCCC(=O)OC[C@H](COP(=O)(O)OCC(O)COP(=O)(O)OC[C@@H](COC(=O)CCCCCCCCCC(C)C)OC(=O)CCCCCCCCCCC(C)C)OC(=O)CCCCCCCCCCCCCCCC(C)C. The lowest BCUT2D eigenvalue weighted by Gasteiger charge is -2.21. The summed E-state index contributed by atoms with van der Waals surface area (Å²) in [5.41, 5.74) is 0. The minimum absolute atomic E-state index is 0.103. The molecular formula is C75H146O17P2. The lowest BCUT2D eigenvalue weighted by molar-refractivity contribution is -0.161. The summed E-state index contributed by atoms with van der Waals surface area (Å²) in [7, 11) is -9.91. The normalized spacial score (nSPS) is 14.2. The van der Waals surface area contributed by atoms with Crippen molar-refractivity contribution >= 4 is 39.5 Å². The first-order chi connectivity index (χ1) is 45.1. The number of phosphoric acid groups is 2. The second-order valence-corrected chi connectivity index (χ2v) is 31.9. The van der Waals surface area contributed by atoms with E-state index in [1.54, 1.807) is 0 Å². The van der Waals surface area contributed by atoms with Crippen LogP contribution in [0.25, 0.3) is 0 Å². The van der Waals surface area contributed by atoms with Crippen molar-refractivity contribution in [1.29, 1.82) is 0 Å². The van der Waals surface area contributed by atoms with Crippen molar-refractivity contribution in [2.24, 2.45) is 23.7 Å². The van der Waals surface area contributed by atoms with Gasteiger partial charge in [0.1, 0.15) is 19.3 Å². The fraction of sp³-hybridized carbons (Fsp3) is 0.947. The first-order valence-electron chi connectivity index (χ1n) is 38.7. The molecule has 0 rings (SSSR count). The first kappa shape index (κ1) is 92.1. The molecule has 0 saturated heterocycles. The molecule has 0 radical (unpaired) electrons. The van der Waals surface area contributed by atoms with Gasteiger partial charge in [-0.15, -0.1) is 0 Å². The van der Waals surface area contributed by atoms with Crippen LogP contribution in [0.1, 0.15) is 376 Å². The summed E-state index contributed by atoms with van der Waals surface area (Å²) < 4.78 is 68.5. The zero-order valence-corrected chi connectivity index (χ0v) is 63.4. The Labute approximate surface area is 575 Å². The van der Waals surface area contributed by atoms with Crippen molar-refractivity contribution in [2.45, 2.75) is 395 Å². The fourth-order valence-corrected chi connectivity index (χ4v) is 13.0. The Morgan fingerprint density at radius 2 is 0.447 bits per heavy atom. The molecule has 19 heteroatoms. The third-order valence-corrected chi connectivity index (χ3v) is 19.2. The van der Waals surface area contributed by atoms with Gasteiger partial charge >= 0.3 is 39.5 Å². The van der Waals surface area contributed by atoms with E-state index in [4.69, 9.17) is 37.0 Å². The number of hydrogen-bond donors (Lipinski definition) is 3. The molecule has 0 aromatic rings. The molecule has 0 aliphatic rings. The molecule has 0 aromatic carbocycles. The van der Waals surface area contributed by atoms with Gasteiger partial charge in [-0.05, 0) is 49.4 Å². The zero-order valence-electron chi connectivity index (χ0n) is 61.6. The maximum absolute atomic E-state index is 13.1. The number of rotatable bonds is 72. The number of esters is 4. The molecule has 5 atom stereocenters. The lowest BCUT2D eigenvalue weighted by atomic mass is 10.0.